The van der Waals surface area contributed by atoms with E-state index >= 15 is 0 Å². The van der Waals surface area contributed by atoms with Gasteiger partial charge in [0.25, 0.3) is 0 Å². The minimum absolute atomic E-state index is 0.118. The van der Waals surface area contributed by atoms with E-state index in [2.05, 4.69) is 29.6 Å². The van der Waals surface area contributed by atoms with E-state index in [0.717, 1.165) is 23.6 Å². The van der Waals surface area contributed by atoms with Crippen molar-refractivity contribution >= 4 is 33.4 Å². The average Bonchev–Trinajstić information content (AvgIpc) is 2.68. The minimum Gasteiger partial charge on any atom is -0.325 e. The zero-order chi connectivity index (χ0) is 20.3. The lowest BCUT2D eigenvalue weighted by Gasteiger charge is -2.27. The monoisotopic (exact) mass is 418 g/mol. The Morgan fingerprint density at radius 3 is 2.68 bits per heavy atom. The molecule has 1 amide bonds. The molecule has 2 unspecified atom stereocenters. The van der Waals surface area contributed by atoms with Crippen LogP contribution in [0.2, 0.25) is 0 Å². The first-order valence-corrected chi connectivity index (χ1v) is 11.7. The Labute approximate surface area is 171 Å². The number of thioether (sulfide) groups is 1. The van der Waals surface area contributed by atoms with Gasteiger partial charge in [-0.05, 0) is 55.5 Å². The van der Waals surface area contributed by atoms with Crippen LogP contribution < -0.4 is 5.32 Å². The summed E-state index contributed by atoms with van der Waals surface area (Å²) in [4.78, 5) is 12.9. The first kappa shape index (κ1) is 20.9. The van der Waals surface area contributed by atoms with Crippen molar-refractivity contribution in [1.29, 1.82) is 0 Å². The van der Waals surface area contributed by atoms with Crippen LogP contribution in [0.4, 0.5) is 5.69 Å². The van der Waals surface area contributed by atoms with Crippen LogP contribution in [0.5, 0.6) is 0 Å². The fourth-order valence-corrected chi connectivity index (χ4v) is 5.65. The zero-order valence-electron chi connectivity index (χ0n) is 16.4. The molecule has 0 aliphatic heterocycles. The van der Waals surface area contributed by atoms with Crippen molar-refractivity contribution in [1.82, 2.24) is 4.31 Å². The summed E-state index contributed by atoms with van der Waals surface area (Å²) < 4.78 is 25.7. The second-order valence-corrected chi connectivity index (χ2v) is 10.9. The Bertz CT molecular complexity index is 958. The summed E-state index contributed by atoms with van der Waals surface area (Å²) in [7, 11) is -0.560. The van der Waals surface area contributed by atoms with Crippen LogP contribution in [0, 0.1) is 0 Å². The van der Waals surface area contributed by atoms with Crippen molar-refractivity contribution in [3.63, 3.8) is 0 Å². The van der Waals surface area contributed by atoms with Gasteiger partial charge in [-0.25, -0.2) is 12.7 Å². The third-order valence-corrected chi connectivity index (χ3v) is 8.18. The third-order valence-electron chi connectivity index (χ3n) is 4.93. The summed E-state index contributed by atoms with van der Waals surface area (Å²) in [5.74, 6) is -0.118. The molecule has 1 N–H and O–H groups in total. The summed E-state index contributed by atoms with van der Waals surface area (Å²) in [6, 6.07) is 14.8. The summed E-state index contributed by atoms with van der Waals surface area (Å²) in [5, 5.41) is 2.93. The van der Waals surface area contributed by atoms with E-state index in [4.69, 9.17) is 0 Å². The Morgan fingerprint density at radius 2 is 1.93 bits per heavy atom. The molecule has 3 rings (SSSR count). The number of anilines is 1. The predicted molar refractivity (Wildman–Crippen MR) is 115 cm³/mol. The number of carbonyl (C=O) groups excluding carboxylic acids is 1. The van der Waals surface area contributed by atoms with Gasteiger partial charge in [0.15, 0.2) is 0 Å². The van der Waals surface area contributed by atoms with Crippen LogP contribution in [-0.4, -0.2) is 38.0 Å². The normalized spacial score (nSPS) is 17.8. The van der Waals surface area contributed by atoms with Gasteiger partial charge in [0.2, 0.25) is 15.9 Å². The molecule has 0 saturated heterocycles. The second kappa shape index (κ2) is 8.68. The molecule has 7 heteroatoms. The molecule has 28 heavy (non-hydrogen) atoms. The van der Waals surface area contributed by atoms with Crippen LogP contribution in [0.1, 0.15) is 36.1 Å². The number of carbonyl (C=O) groups is 1. The highest BCUT2D eigenvalue weighted by Gasteiger charge is 2.25. The lowest BCUT2D eigenvalue weighted by molar-refractivity contribution is -0.115. The lowest BCUT2D eigenvalue weighted by atomic mass is 9.91. The second-order valence-electron chi connectivity index (χ2n) is 7.16. The van der Waals surface area contributed by atoms with Crippen LogP contribution in [-0.2, 0) is 21.2 Å². The third kappa shape index (κ3) is 4.59. The Balaban J connectivity index is 1.69. The van der Waals surface area contributed by atoms with Gasteiger partial charge in [0, 0.05) is 25.0 Å². The molecule has 0 heterocycles. The largest absolute Gasteiger partial charge is 0.325 e. The van der Waals surface area contributed by atoms with E-state index < -0.39 is 10.0 Å². The lowest BCUT2D eigenvalue weighted by Crippen LogP contribution is -2.25. The van der Waals surface area contributed by atoms with Gasteiger partial charge in [-0.15, -0.1) is 11.8 Å². The number of benzene rings is 2. The molecule has 0 radical (unpaired) electrons. The number of nitrogens with zero attached hydrogens (tertiary/aromatic N) is 1. The molecule has 0 aromatic heterocycles. The highest BCUT2D eigenvalue weighted by Crippen LogP contribution is 2.41. The van der Waals surface area contributed by atoms with Gasteiger partial charge in [0.05, 0.1) is 10.1 Å². The number of sulfonamides is 1. The van der Waals surface area contributed by atoms with Crippen LogP contribution in [0.3, 0.4) is 0 Å². The van der Waals surface area contributed by atoms with Gasteiger partial charge >= 0.3 is 0 Å². The van der Waals surface area contributed by atoms with Crippen LogP contribution >= 0.6 is 11.8 Å². The number of hydrogen-bond acceptors (Lipinski definition) is 4. The van der Waals surface area contributed by atoms with E-state index in [9.17, 15) is 13.2 Å². The molecule has 1 aliphatic rings. The SMILES string of the molecule is CC(SC1CCCc2ccccc21)C(=O)Nc1cccc(S(=O)(=O)N(C)C)c1. The highest BCUT2D eigenvalue weighted by atomic mass is 32.2. The zero-order valence-corrected chi connectivity index (χ0v) is 18.0. The molecule has 2 aromatic rings. The number of amides is 1. The average molecular weight is 419 g/mol. The standard InChI is InChI=1S/C21H26N2O3S2/c1-15(27-20-13-6-9-16-8-4-5-12-19(16)20)21(24)22-17-10-7-11-18(14-17)28(25,26)23(2)3/h4-5,7-8,10-12,14-15,20H,6,9,13H2,1-3H3,(H,22,24). The summed E-state index contributed by atoms with van der Waals surface area (Å²) >= 11 is 1.67. The van der Waals surface area contributed by atoms with E-state index in [-0.39, 0.29) is 16.1 Å². The molecular weight excluding hydrogens is 392 g/mol. The molecule has 150 valence electrons. The molecular formula is C21H26N2O3S2. The molecule has 0 bridgehead atoms. The number of fused-ring (bicyclic) bond motifs is 1. The van der Waals surface area contributed by atoms with Gasteiger partial charge < -0.3 is 5.32 Å². The van der Waals surface area contributed by atoms with Gasteiger partial charge in [0.1, 0.15) is 0 Å². The number of hydrogen-bond donors (Lipinski definition) is 1. The van der Waals surface area contributed by atoms with Crippen molar-refractivity contribution in [2.45, 2.75) is 41.6 Å². The molecule has 0 spiro atoms. The predicted octanol–water partition coefficient (Wildman–Crippen LogP) is 4.07. The van der Waals surface area contributed by atoms with Crippen molar-refractivity contribution in [2.75, 3.05) is 19.4 Å². The van der Waals surface area contributed by atoms with E-state index in [0.29, 0.717) is 10.9 Å². The van der Waals surface area contributed by atoms with Gasteiger partial charge in [-0.3, -0.25) is 4.79 Å². The van der Waals surface area contributed by atoms with Crippen molar-refractivity contribution in [2.24, 2.45) is 0 Å². The first-order chi connectivity index (χ1) is 13.3. The minimum atomic E-state index is -3.53. The highest BCUT2D eigenvalue weighted by molar-refractivity contribution is 8.00. The molecule has 1 aliphatic carbocycles. The van der Waals surface area contributed by atoms with Gasteiger partial charge in [-0.1, -0.05) is 30.3 Å². The van der Waals surface area contributed by atoms with E-state index in [1.54, 1.807) is 23.9 Å². The maximum Gasteiger partial charge on any atom is 0.242 e. The Hall–Kier alpha value is -1.83. The van der Waals surface area contributed by atoms with Crippen molar-refractivity contribution in [3.05, 3.63) is 59.7 Å². The first-order valence-electron chi connectivity index (χ1n) is 9.36. The smallest absolute Gasteiger partial charge is 0.242 e. The fraction of sp³-hybridized carbons (Fsp3) is 0.381. The molecule has 5 nitrogen and oxygen atoms in total. The number of rotatable bonds is 6. The van der Waals surface area contributed by atoms with Crippen molar-refractivity contribution in [3.8, 4) is 0 Å². The summed E-state index contributed by atoms with van der Waals surface area (Å²) in [6.07, 6.45) is 3.30. The van der Waals surface area contributed by atoms with Crippen LogP contribution in [0.25, 0.3) is 0 Å². The topological polar surface area (TPSA) is 66.5 Å². The maximum atomic E-state index is 12.7. The molecule has 2 atom stereocenters. The maximum absolute atomic E-state index is 12.7. The molecule has 0 fully saturated rings. The molecule has 0 saturated carbocycles. The Kier molecular flexibility index (Phi) is 6.47. The summed E-state index contributed by atoms with van der Waals surface area (Å²) in [5.41, 5.74) is 3.20. The van der Waals surface area contributed by atoms with Gasteiger partial charge in [-0.2, -0.15) is 0 Å². The number of aryl methyl sites for hydroxylation is 1. The quantitative estimate of drug-likeness (QED) is 0.768. The molecule has 2 aromatic carbocycles. The number of nitrogens with one attached hydrogen (secondary N) is 1. The van der Waals surface area contributed by atoms with E-state index in [1.807, 2.05) is 6.92 Å². The van der Waals surface area contributed by atoms with E-state index in [1.165, 1.54) is 37.4 Å². The fourth-order valence-electron chi connectivity index (χ4n) is 3.35. The van der Waals surface area contributed by atoms with Crippen molar-refractivity contribution < 1.29 is 13.2 Å². The van der Waals surface area contributed by atoms with Crippen LogP contribution in [0.15, 0.2) is 53.4 Å². The summed E-state index contributed by atoms with van der Waals surface area (Å²) in [6.45, 7) is 1.90. The Morgan fingerprint density at radius 1 is 1.18 bits per heavy atom.